The van der Waals surface area contributed by atoms with Crippen molar-refractivity contribution in [3.05, 3.63) is 23.8 Å². The van der Waals surface area contributed by atoms with E-state index in [9.17, 15) is 0 Å². The quantitative estimate of drug-likeness (QED) is 0.783. The van der Waals surface area contributed by atoms with E-state index in [-0.39, 0.29) is 6.04 Å². The molecule has 17 heavy (non-hydrogen) atoms. The van der Waals surface area contributed by atoms with Crippen LogP contribution in [0.2, 0.25) is 0 Å². The second-order valence-electron chi connectivity index (χ2n) is 3.96. The summed E-state index contributed by atoms with van der Waals surface area (Å²) in [5.41, 5.74) is 1.05. The zero-order valence-electron chi connectivity index (χ0n) is 10.7. The largest absolute Gasteiger partial charge is 0.493 e. The summed E-state index contributed by atoms with van der Waals surface area (Å²) in [6.45, 7) is 0. The van der Waals surface area contributed by atoms with Crippen LogP contribution in [0.1, 0.15) is 18.0 Å². The normalized spacial score (nSPS) is 12.0. The molecule has 4 nitrogen and oxygen atoms in total. The van der Waals surface area contributed by atoms with Crippen molar-refractivity contribution in [2.24, 2.45) is 0 Å². The van der Waals surface area contributed by atoms with E-state index in [1.165, 1.54) is 0 Å². The summed E-state index contributed by atoms with van der Waals surface area (Å²) in [6, 6.07) is 8.01. The summed E-state index contributed by atoms with van der Waals surface area (Å²) < 4.78 is 10.4. The van der Waals surface area contributed by atoms with Crippen LogP contribution in [0.5, 0.6) is 11.5 Å². The van der Waals surface area contributed by atoms with Crippen LogP contribution in [0.3, 0.4) is 0 Å². The predicted octanol–water partition coefficient (Wildman–Crippen LogP) is 2.22. The van der Waals surface area contributed by atoms with Gasteiger partial charge >= 0.3 is 0 Å². The topological polar surface area (TPSA) is 45.5 Å². The molecule has 0 spiro atoms. The Hall–Kier alpha value is -1.73. The van der Waals surface area contributed by atoms with Gasteiger partial charge in [-0.3, -0.25) is 0 Å². The van der Waals surface area contributed by atoms with E-state index in [1.807, 2.05) is 37.2 Å². The monoisotopic (exact) mass is 234 g/mol. The number of nitrogens with zero attached hydrogens (tertiary/aromatic N) is 2. The number of nitriles is 1. The SMILES string of the molecule is COc1ccc(C(CC#N)N(C)C)cc1OC. The zero-order chi connectivity index (χ0) is 12.8. The zero-order valence-corrected chi connectivity index (χ0v) is 10.7. The Morgan fingerprint density at radius 1 is 1.24 bits per heavy atom. The van der Waals surface area contributed by atoms with Crippen LogP contribution >= 0.6 is 0 Å². The highest BCUT2D eigenvalue weighted by molar-refractivity contribution is 5.43. The minimum Gasteiger partial charge on any atom is -0.493 e. The van der Waals surface area contributed by atoms with Crippen molar-refractivity contribution in [1.82, 2.24) is 4.90 Å². The van der Waals surface area contributed by atoms with Gasteiger partial charge in [-0.05, 0) is 31.8 Å². The molecule has 4 heteroatoms. The van der Waals surface area contributed by atoms with Gasteiger partial charge in [0.15, 0.2) is 11.5 Å². The second kappa shape index (κ2) is 6.12. The molecule has 0 aromatic heterocycles. The maximum Gasteiger partial charge on any atom is 0.161 e. The molecular formula is C13H18N2O2. The molecule has 0 radical (unpaired) electrons. The minimum absolute atomic E-state index is 0.0693. The molecule has 1 aromatic carbocycles. The van der Waals surface area contributed by atoms with Gasteiger partial charge < -0.3 is 14.4 Å². The standard InChI is InChI=1S/C13H18N2O2/c1-15(2)11(7-8-14)10-5-6-12(16-3)13(9-10)17-4/h5-6,9,11H,7H2,1-4H3. The average Bonchev–Trinajstić information content (AvgIpc) is 2.34. The number of hydrogen-bond acceptors (Lipinski definition) is 4. The van der Waals surface area contributed by atoms with E-state index in [1.54, 1.807) is 14.2 Å². The van der Waals surface area contributed by atoms with Crippen molar-refractivity contribution in [2.75, 3.05) is 28.3 Å². The molecule has 1 atom stereocenters. The molecule has 0 heterocycles. The van der Waals surface area contributed by atoms with Gasteiger partial charge in [0.05, 0.1) is 26.7 Å². The smallest absolute Gasteiger partial charge is 0.161 e. The second-order valence-corrected chi connectivity index (χ2v) is 3.96. The van der Waals surface area contributed by atoms with Gasteiger partial charge in [-0.2, -0.15) is 5.26 Å². The van der Waals surface area contributed by atoms with E-state index < -0.39 is 0 Å². The third-order valence-electron chi connectivity index (χ3n) is 2.70. The van der Waals surface area contributed by atoms with Gasteiger partial charge in [-0.1, -0.05) is 6.07 Å². The number of rotatable bonds is 5. The third-order valence-corrected chi connectivity index (χ3v) is 2.70. The van der Waals surface area contributed by atoms with Gasteiger partial charge in [0.2, 0.25) is 0 Å². The highest BCUT2D eigenvalue weighted by atomic mass is 16.5. The lowest BCUT2D eigenvalue weighted by Gasteiger charge is -2.23. The first-order valence-corrected chi connectivity index (χ1v) is 5.39. The Morgan fingerprint density at radius 3 is 2.35 bits per heavy atom. The van der Waals surface area contributed by atoms with E-state index in [0.717, 1.165) is 5.56 Å². The van der Waals surface area contributed by atoms with Gasteiger partial charge in [-0.15, -0.1) is 0 Å². The van der Waals surface area contributed by atoms with Crippen LogP contribution in [-0.4, -0.2) is 33.2 Å². The van der Waals surface area contributed by atoms with Gasteiger partial charge in [0, 0.05) is 6.04 Å². The van der Waals surface area contributed by atoms with Crippen molar-refractivity contribution < 1.29 is 9.47 Å². The Balaban J connectivity index is 3.09. The maximum atomic E-state index is 8.84. The van der Waals surface area contributed by atoms with E-state index in [2.05, 4.69) is 6.07 Å². The van der Waals surface area contributed by atoms with Crippen LogP contribution < -0.4 is 9.47 Å². The lowest BCUT2D eigenvalue weighted by atomic mass is 10.0. The molecule has 1 aromatic rings. The molecular weight excluding hydrogens is 216 g/mol. The summed E-state index contributed by atoms with van der Waals surface area (Å²) in [4.78, 5) is 2.02. The van der Waals surface area contributed by atoms with Crippen LogP contribution in [0, 0.1) is 11.3 Å². The van der Waals surface area contributed by atoms with Crippen molar-refractivity contribution in [3.8, 4) is 17.6 Å². The number of methoxy groups -OCH3 is 2. The van der Waals surface area contributed by atoms with E-state index in [0.29, 0.717) is 17.9 Å². The molecule has 0 aliphatic carbocycles. The Kier molecular flexibility index (Phi) is 4.80. The van der Waals surface area contributed by atoms with Crippen molar-refractivity contribution >= 4 is 0 Å². The first kappa shape index (κ1) is 13.3. The first-order chi connectivity index (χ1) is 8.13. The maximum absolute atomic E-state index is 8.84. The van der Waals surface area contributed by atoms with E-state index >= 15 is 0 Å². The van der Waals surface area contributed by atoms with Crippen LogP contribution in [0.25, 0.3) is 0 Å². The minimum atomic E-state index is 0.0693. The molecule has 0 aliphatic heterocycles. The first-order valence-electron chi connectivity index (χ1n) is 5.39. The van der Waals surface area contributed by atoms with Crippen molar-refractivity contribution in [3.63, 3.8) is 0 Å². The molecule has 1 unspecified atom stereocenters. The van der Waals surface area contributed by atoms with E-state index in [4.69, 9.17) is 14.7 Å². The average molecular weight is 234 g/mol. The lowest BCUT2D eigenvalue weighted by molar-refractivity contribution is 0.301. The van der Waals surface area contributed by atoms with Gasteiger partial charge in [0.1, 0.15) is 0 Å². The molecule has 92 valence electrons. The number of benzene rings is 1. The van der Waals surface area contributed by atoms with Crippen molar-refractivity contribution in [1.29, 1.82) is 5.26 Å². The summed E-state index contributed by atoms with van der Waals surface area (Å²) in [7, 11) is 7.13. The highest BCUT2D eigenvalue weighted by Gasteiger charge is 2.15. The fourth-order valence-corrected chi connectivity index (χ4v) is 1.75. The predicted molar refractivity (Wildman–Crippen MR) is 66.2 cm³/mol. The highest BCUT2D eigenvalue weighted by Crippen LogP contribution is 2.32. The molecule has 0 fully saturated rings. The van der Waals surface area contributed by atoms with Crippen LogP contribution in [-0.2, 0) is 0 Å². The van der Waals surface area contributed by atoms with Crippen molar-refractivity contribution in [2.45, 2.75) is 12.5 Å². The fraction of sp³-hybridized carbons (Fsp3) is 0.462. The molecule has 0 aliphatic rings. The number of ether oxygens (including phenoxy) is 2. The van der Waals surface area contributed by atoms with Crippen LogP contribution in [0.4, 0.5) is 0 Å². The fourth-order valence-electron chi connectivity index (χ4n) is 1.75. The number of hydrogen-bond donors (Lipinski definition) is 0. The molecule has 1 rings (SSSR count). The molecule has 0 saturated heterocycles. The molecule has 0 bridgehead atoms. The summed E-state index contributed by atoms with van der Waals surface area (Å²) >= 11 is 0. The lowest BCUT2D eigenvalue weighted by Crippen LogP contribution is -2.19. The van der Waals surface area contributed by atoms with Gasteiger partial charge in [-0.25, -0.2) is 0 Å². The summed E-state index contributed by atoms with van der Waals surface area (Å²) in [5.74, 6) is 1.39. The molecule has 0 N–H and O–H groups in total. The van der Waals surface area contributed by atoms with Gasteiger partial charge in [0.25, 0.3) is 0 Å². The Bertz CT molecular complexity index is 410. The molecule has 0 saturated carbocycles. The van der Waals surface area contributed by atoms with Crippen LogP contribution in [0.15, 0.2) is 18.2 Å². The summed E-state index contributed by atoms with van der Waals surface area (Å²) in [6.07, 6.45) is 0.447. The Morgan fingerprint density at radius 2 is 1.88 bits per heavy atom. The third kappa shape index (κ3) is 3.11. The Labute approximate surface area is 102 Å². The molecule has 0 amide bonds. The summed E-state index contributed by atoms with van der Waals surface area (Å²) in [5, 5.41) is 8.84.